The maximum absolute atomic E-state index is 12.5. The van der Waals surface area contributed by atoms with Gasteiger partial charge in [-0.2, -0.15) is 11.8 Å². The zero-order valence-corrected chi connectivity index (χ0v) is 11.9. The fraction of sp³-hybridized carbons (Fsp3) is 0.250. The molecule has 0 aliphatic carbocycles. The minimum atomic E-state index is 0.0827. The average Bonchev–Trinajstić information content (AvgIpc) is 2.56. The molecule has 0 N–H and O–H groups in total. The van der Waals surface area contributed by atoms with E-state index in [9.17, 15) is 4.79 Å². The van der Waals surface area contributed by atoms with Gasteiger partial charge in [0.05, 0.1) is 5.56 Å². The Labute approximate surface area is 123 Å². The molecule has 1 atom stereocenters. The molecule has 1 aromatic heterocycles. The number of hydrogen-bond donors (Lipinski definition) is 0. The van der Waals surface area contributed by atoms with Gasteiger partial charge in [0.1, 0.15) is 0 Å². The van der Waals surface area contributed by atoms with Crippen LogP contribution in [0.4, 0.5) is 0 Å². The van der Waals surface area contributed by atoms with Gasteiger partial charge in [0.2, 0.25) is 0 Å². The lowest BCUT2D eigenvalue weighted by molar-refractivity contribution is 0.0761. The smallest absolute Gasteiger partial charge is 0.255 e. The Morgan fingerprint density at radius 2 is 2.05 bits per heavy atom. The average molecular weight is 284 g/mol. The molecule has 1 aliphatic rings. The van der Waals surface area contributed by atoms with Gasteiger partial charge in [-0.05, 0) is 17.7 Å². The molecule has 1 aliphatic heterocycles. The summed E-state index contributed by atoms with van der Waals surface area (Å²) in [5.74, 6) is 1.06. The number of carbonyl (C=O) groups is 1. The third kappa shape index (κ3) is 2.85. The predicted molar refractivity (Wildman–Crippen MR) is 81.8 cm³/mol. The number of rotatable bonds is 2. The SMILES string of the molecule is O=C(c1cccnc1)N1CCSC(c2ccccc2)C1. The van der Waals surface area contributed by atoms with E-state index in [0.29, 0.717) is 10.8 Å². The Hall–Kier alpha value is -1.81. The molecule has 0 radical (unpaired) electrons. The molecule has 102 valence electrons. The van der Waals surface area contributed by atoms with Crippen molar-refractivity contribution in [2.24, 2.45) is 0 Å². The first kappa shape index (κ1) is 13.2. The van der Waals surface area contributed by atoms with Crippen molar-refractivity contribution in [2.45, 2.75) is 5.25 Å². The first-order valence-corrected chi connectivity index (χ1v) is 7.75. The lowest BCUT2D eigenvalue weighted by Gasteiger charge is -2.32. The quantitative estimate of drug-likeness (QED) is 0.850. The summed E-state index contributed by atoms with van der Waals surface area (Å²) in [5.41, 5.74) is 1.97. The molecule has 0 saturated carbocycles. The molecule has 1 amide bonds. The van der Waals surface area contributed by atoms with E-state index in [1.54, 1.807) is 18.5 Å². The Kier molecular flexibility index (Phi) is 4.02. The van der Waals surface area contributed by atoms with E-state index in [1.165, 1.54) is 5.56 Å². The highest BCUT2D eigenvalue weighted by Gasteiger charge is 2.25. The summed E-state index contributed by atoms with van der Waals surface area (Å²) in [4.78, 5) is 18.4. The van der Waals surface area contributed by atoms with Crippen LogP contribution in [0.3, 0.4) is 0 Å². The second-order valence-corrected chi connectivity index (χ2v) is 6.07. The third-order valence-corrected chi connectivity index (χ3v) is 4.68. The van der Waals surface area contributed by atoms with Gasteiger partial charge >= 0.3 is 0 Å². The molecule has 1 aromatic carbocycles. The van der Waals surface area contributed by atoms with Crippen LogP contribution >= 0.6 is 11.8 Å². The van der Waals surface area contributed by atoms with E-state index >= 15 is 0 Å². The largest absolute Gasteiger partial charge is 0.336 e. The van der Waals surface area contributed by atoms with Crippen LogP contribution in [-0.2, 0) is 0 Å². The number of hydrogen-bond acceptors (Lipinski definition) is 3. The normalized spacial score (nSPS) is 18.8. The highest BCUT2D eigenvalue weighted by molar-refractivity contribution is 7.99. The van der Waals surface area contributed by atoms with Gasteiger partial charge in [0.15, 0.2) is 0 Å². The molecular formula is C16H16N2OS. The van der Waals surface area contributed by atoms with E-state index in [2.05, 4.69) is 29.2 Å². The van der Waals surface area contributed by atoms with Crippen molar-refractivity contribution >= 4 is 17.7 Å². The standard InChI is InChI=1S/C16H16N2OS/c19-16(14-7-4-8-17-11-14)18-9-10-20-15(12-18)13-5-2-1-3-6-13/h1-8,11,15H,9-10,12H2. The van der Waals surface area contributed by atoms with Crippen molar-refractivity contribution in [3.05, 3.63) is 66.0 Å². The fourth-order valence-corrected chi connectivity index (χ4v) is 3.62. The zero-order valence-electron chi connectivity index (χ0n) is 11.1. The van der Waals surface area contributed by atoms with Crippen molar-refractivity contribution in [3.8, 4) is 0 Å². The molecule has 2 heterocycles. The summed E-state index contributed by atoms with van der Waals surface area (Å²) in [6, 6.07) is 14.0. The van der Waals surface area contributed by atoms with E-state index in [1.807, 2.05) is 28.8 Å². The number of benzene rings is 1. The maximum Gasteiger partial charge on any atom is 0.255 e. The summed E-state index contributed by atoms with van der Waals surface area (Å²) in [6.07, 6.45) is 3.33. The second kappa shape index (κ2) is 6.09. The van der Waals surface area contributed by atoms with Crippen LogP contribution < -0.4 is 0 Å². The Morgan fingerprint density at radius 1 is 1.20 bits per heavy atom. The van der Waals surface area contributed by atoms with Crippen LogP contribution in [0.15, 0.2) is 54.9 Å². The summed E-state index contributed by atoms with van der Waals surface area (Å²) >= 11 is 1.92. The van der Waals surface area contributed by atoms with Gasteiger partial charge in [-0.25, -0.2) is 0 Å². The summed E-state index contributed by atoms with van der Waals surface area (Å²) in [5, 5.41) is 0.366. The molecule has 0 bridgehead atoms. The maximum atomic E-state index is 12.5. The first-order chi connectivity index (χ1) is 9.84. The van der Waals surface area contributed by atoms with Gasteiger partial charge in [-0.1, -0.05) is 30.3 Å². The lowest BCUT2D eigenvalue weighted by Crippen LogP contribution is -2.39. The monoisotopic (exact) mass is 284 g/mol. The van der Waals surface area contributed by atoms with Crippen molar-refractivity contribution in [2.75, 3.05) is 18.8 Å². The Bertz CT molecular complexity index is 574. The summed E-state index contributed by atoms with van der Waals surface area (Å²) in [6.45, 7) is 1.57. The summed E-state index contributed by atoms with van der Waals surface area (Å²) < 4.78 is 0. The number of pyridine rings is 1. The minimum absolute atomic E-state index is 0.0827. The first-order valence-electron chi connectivity index (χ1n) is 6.70. The van der Waals surface area contributed by atoms with E-state index in [0.717, 1.165) is 18.8 Å². The molecule has 1 saturated heterocycles. The van der Waals surface area contributed by atoms with Gasteiger partial charge < -0.3 is 4.90 Å². The van der Waals surface area contributed by atoms with Crippen LogP contribution in [0.1, 0.15) is 21.2 Å². The molecule has 2 aromatic rings. The lowest BCUT2D eigenvalue weighted by atomic mass is 10.1. The molecule has 4 heteroatoms. The van der Waals surface area contributed by atoms with Crippen molar-refractivity contribution in [1.29, 1.82) is 0 Å². The van der Waals surface area contributed by atoms with E-state index in [4.69, 9.17) is 0 Å². The summed E-state index contributed by atoms with van der Waals surface area (Å²) in [7, 11) is 0. The van der Waals surface area contributed by atoms with Gasteiger partial charge in [0.25, 0.3) is 5.91 Å². The number of aromatic nitrogens is 1. The fourth-order valence-electron chi connectivity index (χ4n) is 2.37. The van der Waals surface area contributed by atoms with Crippen LogP contribution in [0.5, 0.6) is 0 Å². The zero-order chi connectivity index (χ0) is 13.8. The van der Waals surface area contributed by atoms with Crippen LogP contribution in [0.2, 0.25) is 0 Å². The topological polar surface area (TPSA) is 33.2 Å². The molecule has 20 heavy (non-hydrogen) atoms. The highest BCUT2D eigenvalue weighted by Crippen LogP contribution is 2.33. The van der Waals surface area contributed by atoms with Crippen LogP contribution in [0, 0.1) is 0 Å². The van der Waals surface area contributed by atoms with Crippen LogP contribution in [0.25, 0.3) is 0 Å². The molecular weight excluding hydrogens is 268 g/mol. The van der Waals surface area contributed by atoms with Crippen molar-refractivity contribution < 1.29 is 4.79 Å². The third-order valence-electron chi connectivity index (χ3n) is 3.43. The molecule has 3 rings (SSSR count). The Morgan fingerprint density at radius 3 is 2.80 bits per heavy atom. The highest BCUT2D eigenvalue weighted by atomic mass is 32.2. The van der Waals surface area contributed by atoms with Gasteiger partial charge in [-0.3, -0.25) is 9.78 Å². The molecule has 3 nitrogen and oxygen atoms in total. The van der Waals surface area contributed by atoms with E-state index in [-0.39, 0.29) is 5.91 Å². The van der Waals surface area contributed by atoms with Crippen LogP contribution in [-0.4, -0.2) is 34.6 Å². The van der Waals surface area contributed by atoms with E-state index < -0.39 is 0 Å². The van der Waals surface area contributed by atoms with Crippen molar-refractivity contribution in [1.82, 2.24) is 9.88 Å². The molecule has 1 unspecified atom stereocenters. The molecule has 1 fully saturated rings. The second-order valence-electron chi connectivity index (χ2n) is 4.76. The number of carbonyl (C=O) groups excluding carboxylic acids is 1. The predicted octanol–water partition coefficient (Wildman–Crippen LogP) is 3.01. The van der Waals surface area contributed by atoms with Crippen molar-refractivity contribution in [3.63, 3.8) is 0 Å². The number of amides is 1. The Balaban J connectivity index is 1.74. The van der Waals surface area contributed by atoms with Gasteiger partial charge in [0, 0.05) is 36.5 Å². The minimum Gasteiger partial charge on any atom is -0.336 e. The number of nitrogens with zero attached hydrogens (tertiary/aromatic N) is 2. The van der Waals surface area contributed by atoms with Gasteiger partial charge in [-0.15, -0.1) is 0 Å². The molecule has 0 spiro atoms. The number of thioether (sulfide) groups is 1.